The quantitative estimate of drug-likeness (QED) is 0.904. The van der Waals surface area contributed by atoms with Gasteiger partial charge in [0.05, 0.1) is 16.9 Å². The Bertz CT molecular complexity index is 682. The van der Waals surface area contributed by atoms with Gasteiger partial charge in [-0.1, -0.05) is 21.1 Å². The number of carbonyl (C=O) groups is 1. The number of carboxylic acid groups (broad SMARTS) is 1. The molecule has 1 heterocycles. The number of hydrogen-bond donors (Lipinski definition) is 1. The minimum absolute atomic E-state index is 0.0815. The van der Waals surface area contributed by atoms with Crippen LogP contribution in [0.25, 0.3) is 5.69 Å². The minimum atomic E-state index is -4.53. The van der Waals surface area contributed by atoms with E-state index in [0.29, 0.717) is 0 Å². The molecule has 0 aliphatic carbocycles. The zero-order chi connectivity index (χ0) is 15.1. The number of aromatic nitrogens is 3. The van der Waals surface area contributed by atoms with Crippen LogP contribution in [0.1, 0.15) is 21.7 Å². The van der Waals surface area contributed by atoms with Crippen LogP contribution >= 0.6 is 15.9 Å². The van der Waals surface area contributed by atoms with Crippen LogP contribution in [0.15, 0.2) is 22.7 Å². The van der Waals surface area contributed by atoms with Crippen LogP contribution in [-0.2, 0) is 6.18 Å². The van der Waals surface area contributed by atoms with Crippen molar-refractivity contribution in [1.29, 1.82) is 0 Å². The molecule has 0 aliphatic heterocycles. The highest BCUT2D eigenvalue weighted by Crippen LogP contribution is 2.36. The van der Waals surface area contributed by atoms with Crippen LogP contribution in [0.4, 0.5) is 13.2 Å². The van der Waals surface area contributed by atoms with Gasteiger partial charge in [0.15, 0.2) is 5.69 Å². The van der Waals surface area contributed by atoms with E-state index < -0.39 is 17.7 Å². The molecule has 0 saturated heterocycles. The Balaban J connectivity index is 2.57. The maximum Gasteiger partial charge on any atom is 0.417 e. The smallest absolute Gasteiger partial charge is 0.417 e. The molecule has 2 rings (SSSR count). The van der Waals surface area contributed by atoms with E-state index in [1.54, 1.807) is 0 Å². The standard InChI is InChI=1S/C11H7BrF3N3O2/c1-5-9(10(19)20)16-17-18(5)6-2-3-8(12)7(4-6)11(13,14)15/h2-4H,1H3,(H,19,20). The second-order valence-corrected chi connectivity index (χ2v) is 4.76. The Kier molecular flexibility index (Phi) is 3.55. The van der Waals surface area contributed by atoms with E-state index in [0.717, 1.165) is 10.7 Å². The van der Waals surface area contributed by atoms with E-state index in [1.807, 2.05) is 0 Å². The largest absolute Gasteiger partial charge is 0.476 e. The predicted octanol–water partition coefficient (Wildman–Crippen LogP) is 3.06. The molecule has 2 aromatic rings. The molecule has 1 aromatic heterocycles. The van der Waals surface area contributed by atoms with Crippen molar-refractivity contribution in [3.63, 3.8) is 0 Å². The van der Waals surface area contributed by atoms with Gasteiger partial charge in [-0.05, 0) is 25.1 Å². The van der Waals surface area contributed by atoms with Crippen molar-refractivity contribution in [3.8, 4) is 5.69 Å². The van der Waals surface area contributed by atoms with Crippen molar-refractivity contribution in [2.45, 2.75) is 13.1 Å². The first kappa shape index (κ1) is 14.5. The summed E-state index contributed by atoms with van der Waals surface area (Å²) in [5.41, 5.74) is -0.950. The fourth-order valence-electron chi connectivity index (χ4n) is 1.63. The monoisotopic (exact) mass is 349 g/mol. The Morgan fingerprint density at radius 2 is 2.05 bits per heavy atom. The number of aromatic carboxylic acids is 1. The number of hydrogen-bond acceptors (Lipinski definition) is 3. The topological polar surface area (TPSA) is 68.0 Å². The average molecular weight is 350 g/mol. The van der Waals surface area contributed by atoms with Crippen molar-refractivity contribution in [2.24, 2.45) is 0 Å². The number of halogens is 4. The molecule has 0 amide bonds. The van der Waals surface area contributed by atoms with Gasteiger partial charge in [-0.25, -0.2) is 9.48 Å². The van der Waals surface area contributed by atoms with Crippen LogP contribution < -0.4 is 0 Å². The summed E-state index contributed by atoms with van der Waals surface area (Å²) in [5.74, 6) is -1.29. The summed E-state index contributed by atoms with van der Waals surface area (Å²) in [4.78, 5) is 10.8. The summed E-state index contributed by atoms with van der Waals surface area (Å²) < 4.78 is 39.4. The molecular weight excluding hydrogens is 343 g/mol. The maximum atomic E-state index is 12.8. The predicted molar refractivity (Wildman–Crippen MR) is 65.8 cm³/mol. The second-order valence-electron chi connectivity index (χ2n) is 3.90. The lowest BCUT2D eigenvalue weighted by Gasteiger charge is -2.11. The fourth-order valence-corrected chi connectivity index (χ4v) is 2.11. The Hall–Kier alpha value is -1.90. The molecule has 106 valence electrons. The Labute approximate surface area is 119 Å². The molecule has 1 N–H and O–H groups in total. The second kappa shape index (κ2) is 4.89. The van der Waals surface area contributed by atoms with E-state index in [1.165, 1.54) is 19.1 Å². The van der Waals surface area contributed by atoms with Gasteiger partial charge in [0.2, 0.25) is 0 Å². The van der Waals surface area contributed by atoms with Gasteiger partial charge < -0.3 is 5.11 Å². The highest BCUT2D eigenvalue weighted by atomic mass is 79.9. The highest BCUT2D eigenvalue weighted by molar-refractivity contribution is 9.10. The molecular formula is C11H7BrF3N3O2. The van der Waals surface area contributed by atoms with E-state index in [4.69, 9.17) is 5.11 Å². The minimum Gasteiger partial charge on any atom is -0.476 e. The van der Waals surface area contributed by atoms with Gasteiger partial charge in [0.25, 0.3) is 0 Å². The average Bonchev–Trinajstić information content (AvgIpc) is 2.70. The fraction of sp³-hybridized carbons (Fsp3) is 0.182. The van der Waals surface area contributed by atoms with E-state index in [2.05, 4.69) is 26.2 Å². The van der Waals surface area contributed by atoms with Gasteiger partial charge in [-0.15, -0.1) is 5.10 Å². The first-order chi connectivity index (χ1) is 9.21. The van der Waals surface area contributed by atoms with E-state index >= 15 is 0 Å². The summed E-state index contributed by atoms with van der Waals surface area (Å²) in [6, 6.07) is 3.48. The lowest BCUT2D eigenvalue weighted by molar-refractivity contribution is -0.138. The van der Waals surface area contributed by atoms with Crippen LogP contribution in [0, 0.1) is 6.92 Å². The summed E-state index contributed by atoms with van der Waals surface area (Å²) in [6.07, 6.45) is -4.53. The molecule has 0 radical (unpaired) electrons. The highest BCUT2D eigenvalue weighted by Gasteiger charge is 2.33. The summed E-state index contributed by atoms with van der Waals surface area (Å²) in [6.45, 7) is 1.42. The summed E-state index contributed by atoms with van der Waals surface area (Å²) in [5, 5.41) is 15.8. The lowest BCUT2D eigenvalue weighted by Crippen LogP contribution is -2.09. The SMILES string of the molecule is Cc1c(C(=O)O)nnn1-c1ccc(Br)c(C(F)(F)F)c1. The van der Waals surface area contributed by atoms with Gasteiger partial charge in [0.1, 0.15) is 0 Å². The van der Waals surface area contributed by atoms with Gasteiger partial charge in [-0.3, -0.25) is 0 Å². The van der Waals surface area contributed by atoms with Crippen molar-refractivity contribution >= 4 is 21.9 Å². The van der Waals surface area contributed by atoms with E-state index in [-0.39, 0.29) is 21.5 Å². The zero-order valence-corrected chi connectivity index (χ0v) is 11.5. The number of carboxylic acids is 1. The number of rotatable bonds is 2. The van der Waals surface area contributed by atoms with Gasteiger partial charge in [0, 0.05) is 4.47 Å². The van der Waals surface area contributed by atoms with Crippen molar-refractivity contribution < 1.29 is 23.1 Å². The third-order valence-electron chi connectivity index (χ3n) is 2.60. The zero-order valence-electron chi connectivity index (χ0n) is 9.94. The molecule has 0 aliphatic rings. The molecule has 0 spiro atoms. The molecule has 9 heteroatoms. The third-order valence-corrected chi connectivity index (χ3v) is 3.29. The van der Waals surface area contributed by atoms with Crippen molar-refractivity contribution in [3.05, 3.63) is 39.6 Å². The van der Waals surface area contributed by atoms with Crippen LogP contribution in [0.2, 0.25) is 0 Å². The number of nitrogens with zero attached hydrogens (tertiary/aromatic N) is 3. The third kappa shape index (κ3) is 2.53. The summed E-state index contributed by atoms with van der Waals surface area (Å²) in [7, 11) is 0. The molecule has 0 fully saturated rings. The summed E-state index contributed by atoms with van der Waals surface area (Å²) >= 11 is 2.83. The molecule has 5 nitrogen and oxygen atoms in total. The van der Waals surface area contributed by atoms with Crippen molar-refractivity contribution in [1.82, 2.24) is 15.0 Å². The van der Waals surface area contributed by atoms with Gasteiger partial charge >= 0.3 is 12.1 Å². The lowest BCUT2D eigenvalue weighted by atomic mass is 10.2. The van der Waals surface area contributed by atoms with Gasteiger partial charge in [-0.2, -0.15) is 13.2 Å². The molecule has 0 atom stereocenters. The molecule has 1 aromatic carbocycles. The van der Waals surface area contributed by atoms with Crippen LogP contribution in [0.3, 0.4) is 0 Å². The Morgan fingerprint density at radius 3 is 2.55 bits per heavy atom. The van der Waals surface area contributed by atoms with E-state index in [9.17, 15) is 18.0 Å². The number of benzene rings is 1. The molecule has 0 saturated carbocycles. The van der Waals surface area contributed by atoms with Crippen LogP contribution in [0.5, 0.6) is 0 Å². The molecule has 0 bridgehead atoms. The molecule has 0 unspecified atom stereocenters. The first-order valence-electron chi connectivity index (χ1n) is 5.24. The Morgan fingerprint density at radius 1 is 1.40 bits per heavy atom. The van der Waals surface area contributed by atoms with Crippen LogP contribution in [-0.4, -0.2) is 26.1 Å². The first-order valence-corrected chi connectivity index (χ1v) is 6.04. The van der Waals surface area contributed by atoms with Crippen molar-refractivity contribution in [2.75, 3.05) is 0 Å². The number of alkyl halides is 3. The molecule has 20 heavy (non-hydrogen) atoms. The normalized spacial score (nSPS) is 11.7. The maximum absolute atomic E-state index is 12.8.